The number of ether oxygens (including phenoxy) is 1. The van der Waals surface area contributed by atoms with E-state index in [2.05, 4.69) is 10.5 Å². The first-order chi connectivity index (χ1) is 13.2. The molecule has 0 saturated carbocycles. The van der Waals surface area contributed by atoms with Crippen molar-refractivity contribution in [2.24, 2.45) is 5.16 Å². The van der Waals surface area contributed by atoms with Crippen LogP contribution in [0.3, 0.4) is 0 Å². The minimum absolute atomic E-state index is 0.228. The van der Waals surface area contributed by atoms with E-state index >= 15 is 0 Å². The molecule has 0 bridgehead atoms. The van der Waals surface area contributed by atoms with Gasteiger partial charge in [-0.2, -0.15) is 0 Å². The number of rotatable bonds is 7. The van der Waals surface area contributed by atoms with E-state index in [4.69, 9.17) is 9.57 Å². The van der Waals surface area contributed by atoms with Crippen molar-refractivity contribution in [2.75, 3.05) is 18.5 Å². The molecule has 1 aliphatic rings. The van der Waals surface area contributed by atoms with Gasteiger partial charge < -0.3 is 14.9 Å². The molecule has 2 aromatic rings. The number of esters is 1. The first kappa shape index (κ1) is 19.1. The Labute approximate surface area is 162 Å². The summed E-state index contributed by atoms with van der Waals surface area (Å²) in [6, 6.07) is 9.46. The van der Waals surface area contributed by atoms with Crippen molar-refractivity contribution in [1.82, 2.24) is 0 Å². The molecule has 0 atom stereocenters. The molecule has 1 aromatic carbocycles. The molecule has 142 valence electrons. The number of thiophene rings is 1. The molecular weight excluding hydrogens is 364 g/mol. The van der Waals surface area contributed by atoms with Crippen LogP contribution in [-0.4, -0.2) is 31.3 Å². The summed E-state index contributed by atoms with van der Waals surface area (Å²) in [6.45, 7) is 1.84. The lowest BCUT2D eigenvalue weighted by molar-refractivity contribution is -0.120. The molecule has 1 aromatic heterocycles. The van der Waals surface area contributed by atoms with E-state index in [1.807, 2.05) is 30.3 Å². The minimum atomic E-state index is -0.379. The van der Waals surface area contributed by atoms with Crippen LogP contribution in [0.15, 0.2) is 35.5 Å². The van der Waals surface area contributed by atoms with Gasteiger partial charge in [-0.3, -0.25) is 4.79 Å². The number of amides is 1. The van der Waals surface area contributed by atoms with Gasteiger partial charge in [0, 0.05) is 4.88 Å². The Morgan fingerprint density at radius 2 is 2.00 bits per heavy atom. The number of benzene rings is 1. The Kier molecular flexibility index (Phi) is 6.59. The minimum Gasteiger partial charge on any atom is -0.462 e. The Bertz CT molecular complexity index is 830. The Morgan fingerprint density at radius 1 is 1.22 bits per heavy atom. The maximum absolute atomic E-state index is 12.4. The van der Waals surface area contributed by atoms with Gasteiger partial charge in [-0.1, -0.05) is 35.5 Å². The molecule has 27 heavy (non-hydrogen) atoms. The lowest BCUT2D eigenvalue weighted by atomic mass is 9.95. The zero-order chi connectivity index (χ0) is 19.1. The van der Waals surface area contributed by atoms with E-state index in [1.165, 1.54) is 11.3 Å². The molecule has 0 radical (unpaired) electrons. The number of nitrogens with one attached hydrogen (secondary N) is 1. The third-order valence-corrected chi connectivity index (χ3v) is 5.38. The number of aryl methyl sites for hydroxylation is 1. The van der Waals surface area contributed by atoms with Crippen molar-refractivity contribution in [3.05, 3.63) is 51.9 Å². The summed E-state index contributed by atoms with van der Waals surface area (Å²) in [4.78, 5) is 30.8. The lowest BCUT2D eigenvalue weighted by Crippen LogP contribution is -2.19. The molecule has 6 nitrogen and oxygen atoms in total. The van der Waals surface area contributed by atoms with E-state index in [9.17, 15) is 9.59 Å². The van der Waals surface area contributed by atoms with Gasteiger partial charge >= 0.3 is 5.97 Å². The smallest absolute Gasteiger partial charge is 0.341 e. The molecule has 1 amide bonds. The molecule has 1 aliphatic carbocycles. The quantitative estimate of drug-likeness (QED) is 0.446. The van der Waals surface area contributed by atoms with Crippen molar-refractivity contribution in [3.8, 4) is 0 Å². The zero-order valence-corrected chi connectivity index (χ0v) is 16.0. The first-order valence-electron chi connectivity index (χ1n) is 9.01. The number of oxime groups is 1. The Balaban J connectivity index is 1.64. The van der Waals surface area contributed by atoms with Crippen LogP contribution in [0.5, 0.6) is 0 Å². The van der Waals surface area contributed by atoms with Crippen LogP contribution >= 0.6 is 11.3 Å². The summed E-state index contributed by atoms with van der Waals surface area (Å²) in [6.07, 6.45) is 5.45. The highest BCUT2D eigenvalue weighted by Gasteiger charge is 2.27. The molecular formula is C20H22N2O4S. The van der Waals surface area contributed by atoms with Gasteiger partial charge in [0.1, 0.15) is 5.00 Å². The average molecular weight is 386 g/mol. The zero-order valence-electron chi connectivity index (χ0n) is 15.2. The third-order valence-electron chi connectivity index (χ3n) is 4.18. The highest BCUT2D eigenvalue weighted by Crippen LogP contribution is 2.38. The second-order valence-electron chi connectivity index (χ2n) is 6.10. The monoisotopic (exact) mass is 386 g/mol. The maximum atomic E-state index is 12.4. The first-order valence-corrected chi connectivity index (χ1v) is 9.82. The van der Waals surface area contributed by atoms with Crippen LogP contribution in [0.25, 0.3) is 0 Å². The van der Waals surface area contributed by atoms with Crippen molar-refractivity contribution in [2.45, 2.75) is 32.6 Å². The predicted octanol–water partition coefficient (Wildman–Crippen LogP) is 3.79. The molecule has 1 heterocycles. The van der Waals surface area contributed by atoms with Gasteiger partial charge in [-0.05, 0) is 43.7 Å². The average Bonchev–Trinajstić information content (AvgIpc) is 3.04. The van der Waals surface area contributed by atoms with Crippen LogP contribution in [0.2, 0.25) is 0 Å². The SMILES string of the molecule is CCOC(=O)c1c(NC(=O)CO/N=C/c2ccccc2)sc2c1CCCC2. The van der Waals surface area contributed by atoms with Gasteiger partial charge in [-0.25, -0.2) is 4.79 Å². The van der Waals surface area contributed by atoms with Crippen molar-refractivity contribution in [1.29, 1.82) is 0 Å². The molecule has 0 fully saturated rings. The van der Waals surface area contributed by atoms with Crippen LogP contribution in [0.4, 0.5) is 5.00 Å². The van der Waals surface area contributed by atoms with E-state index in [1.54, 1.807) is 13.1 Å². The number of hydrogen-bond donors (Lipinski definition) is 1. The predicted molar refractivity (Wildman–Crippen MR) is 106 cm³/mol. The summed E-state index contributed by atoms with van der Waals surface area (Å²) in [5.74, 6) is -0.737. The number of carbonyl (C=O) groups excluding carboxylic acids is 2. The highest BCUT2D eigenvalue weighted by molar-refractivity contribution is 7.17. The van der Waals surface area contributed by atoms with Gasteiger partial charge in [0.15, 0.2) is 6.61 Å². The largest absolute Gasteiger partial charge is 0.462 e. The molecule has 3 rings (SSSR count). The Morgan fingerprint density at radius 3 is 2.78 bits per heavy atom. The summed E-state index contributed by atoms with van der Waals surface area (Å²) >= 11 is 1.45. The molecule has 0 saturated heterocycles. The summed E-state index contributed by atoms with van der Waals surface area (Å²) < 4.78 is 5.18. The number of fused-ring (bicyclic) bond motifs is 1. The van der Waals surface area contributed by atoms with Crippen LogP contribution in [0.1, 0.15) is 46.1 Å². The van der Waals surface area contributed by atoms with Crippen LogP contribution in [0, 0.1) is 0 Å². The fourth-order valence-electron chi connectivity index (χ4n) is 2.97. The van der Waals surface area contributed by atoms with Gasteiger partial charge in [-0.15, -0.1) is 11.3 Å². The van der Waals surface area contributed by atoms with E-state index in [-0.39, 0.29) is 18.5 Å². The fourth-order valence-corrected chi connectivity index (χ4v) is 4.26. The molecule has 7 heteroatoms. The van der Waals surface area contributed by atoms with Crippen LogP contribution < -0.4 is 5.32 Å². The van der Waals surface area contributed by atoms with E-state index in [0.717, 1.165) is 41.7 Å². The van der Waals surface area contributed by atoms with Crippen molar-refractivity contribution >= 4 is 34.4 Å². The number of anilines is 1. The van der Waals surface area contributed by atoms with Crippen molar-refractivity contribution < 1.29 is 19.2 Å². The van der Waals surface area contributed by atoms with Crippen LogP contribution in [-0.2, 0) is 27.2 Å². The van der Waals surface area contributed by atoms with E-state index in [0.29, 0.717) is 17.2 Å². The molecule has 0 unspecified atom stereocenters. The summed E-state index contributed by atoms with van der Waals surface area (Å²) in [5.41, 5.74) is 2.40. The fraction of sp³-hybridized carbons (Fsp3) is 0.350. The topological polar surface area (TPSA) is 77.0 Å². The summed E-state index contributed by atoms with van der Waals surface area (Å²) in [7, 11) is 0. The number of hydrogen-bond acceptors (Lipinski definition) is 6. The van der Waals surface area contributed by atoms with E-state index < -0.39 is 0 Å². The molecule has 0 spiro atoms. The normalized spacial score (nSPS) is 13.2. The maximum Gasteiger partial charge on any atom is 0.341 e. The number of carbonyl (C=O) groups is 2. The standard InChI is InChI=1S/C20H22N2O4S/c1-2-25-20(24)18-15-10-6-7-11-16(15)27-19(18)22-17(23)13-26-21-12-14-8-4-3-5-9-14/h3-5,8-9,12H,2,6-7,10-11,13H2,1H3,(H,22,23)/b21-12+. The third kappa shape index (κ3) is 4.95. The number of nitrogens with zero attached hydrogens (tertiary/aromatic N) is 1. The highest BCUT2D eigenvalue weighted by atomic mass is 32.1. The van der Waals surface area contributed by atoms with Crippen molar-refractivity contribution in [3.63, 3.8) is 0 Å². The second-order valence-corrected chi connectivity index (χ2v) is 7.21. The molecule has 1 N–H and O–H groups in total. The molecule has 0 aliphatic heterocycles. The Hall–Kier alpha value is -2.67. The summed E-state index contributed by atoms with van der Waals surface area (Å²) in [5, 5.41) is 7.13. The lowest BCUT2D eigenvalue weighted by Gasteiger charge is -2.12. The van der Waals surface area contributed by atoms with Gasteiger partial charge in [0.05, 0.1) is 18.4 Å². The van der Waals surface area contributed by atoms with Gasteiger partial charge in [0.2, 0.25) is 0 Å². The second kappa shape index (κ2) is 9.32. The van der Waals surface area contributed by atoms with Gasteiger partial charge in [0.25, 0.3) is 5.91 Å².